The predicted molar refractivity (Wildman–Crippen MR) is 123 cm³/mol. The van der Waals surface area contributed by atoms with Crippen LogP contribution in [0.25, 0.3) is 9.75 Å². The van der Waals surface area contributed by atoms with Crippen molar-refractivity contribution in [2.75, 3.05) is 0 Å². The van der Waals surface area contributed by atoms with Crippen LogP contribution in [0.5, 0.6) is 0 Å². The molecule has 2 aromatic rings. The van der Waals surface area contributed by atoms with Crippen molar-refractivity contribution in [1.82, 2.24) is 0 Å². The van der Waals surface area contributed by atoms with Crippen molar-refractivity contribution in [2.24, 2.45) is 5.92 Å². The Morgan fingerprint density at radius 1 is 0.893 bits per heavy atom. The Morgan fingerprint density at radius 2 is 1.57 bits per heavy atom. The van der Waals surface area contributed by atoms with E-state index in [-0.39, 0.29) is 18.0 Å². The zero-order valence-corrected chi connectivity index (χ0v) is 19.6. The van der Waals surface area contributed by atoms with Gasteiger partial charge in [-0.1, -0.05) is 59.3 Å². The van der Waals surface area contributed by atoms with Gasteiger partial charge in [0, 0.05) is 19.5 Å². The fourth-order valence-corrected chi connectivity index (χ4v) is 5.53. The third-order valence-corrected chi connectivity index (χ3v) is 7.58. The third kappa shape index (κ3) is 7.04. The van der Waals surface area contributed by atoms with Crippen LogP contribution in [0.2, 0.25) is 0 Å². The molecular weight excluding hydrogens is 384 g/mol. The molecule has 0 bridgehead atoms. The lowest BCUT2D eigenvalue weighted by molar-refractivity contribution is -0.155. The minimum atomic E-state index is -0.118. The van der Waals surface area contributed by atoms with E-state index < -0.39 is 0 Å². The number of esters is 1. The molecule has 2 aromatic heterocycles. The van der Waals surface area contributed by atoms with Crippen molar-refractivity contribution >= 4 is 28.6 Å². The second-order valence-electron chi connectivity index (χ2n) is 7.63. The van der Waals surface area contributed by atoms with Crippen molar-refractivity contribution in [3.8, 4) is 9.75 Å². The SMILES string of the molecule is CCCCCCC(CCCC)C(=O)OC(CC)c1ccc(-c2ccc(C)s2)s1. The standard InChI is InChI=1S/C24H36O2S2/c1-5-8-10-11-13-19(12-9-6-2)24(25)26-20(7-3)21-16-17-23(28-21)22-15-14-18(4)27-22/h14-17,19-20H,5-13H2,1-4H3. The molecule has 0 N–H and O–H groups in total. The maximum absolute atomic E-state index is 12.9. The minimum Gasteiger partial charge on any atom is -0.456 e. The Balaban J connectivity index is 2.00. The summed E-state index contributed by atoms with van der Waals surface area (Å²) in [5.41, 5.74) is 0. The summed E-state index contributed by atoms with van der Waals surface area (Å²) in [6, 6.07) is 8.65. The zero-order chi connectivity index (χ0) is 20.4. The second kappa shape index (κ2) is 12.4. The number of carbonyl (C=O) groups excluding carboxylic acids is 1. The van der Waals surface area contributed by atoms with E-state index in [2.05, 4.69) is 52.0 Å². The Labute approximate surface area is 179 Å². The molecule has 28 heavy (non-hydrogen) atoms. The van der Waals surface area contributed by atoms with Gasteiger partial charge in [-0.05, 0) is 50.5 Å². The molecule has 0 saturated heterocycles. The average molecular weight is 421 g/mol. The summed E-state index contributed by atoms with van der Waals surface area (Å²) in [5.74, 6) is 0.0731. The maximum atomic E-state index is 12.9. The Hall–Kier alpha value is -1.13. The van der Waals surface area contributed by atoms with Gasteiger partial charge in [-0.25, -0.2) is 0 Å². The summed E-state index contributed by atoms with van der Waals surface area (Å²) in [5, 5.41) is 0. The van der Waals surface area contributed by atoms with Crippen molar-refractivity contribution < 1.29 is 9.53 Å². The van der Waals surface area contributed by atoms with Crippen LogP contribution in [0.3, 0.4) is 0 Å². The van der Waals surface area contributed by atoms with Crippen LogP contribution in [0.4, 0.5) is 0 Å². The molecule has 2 unspecified atom stereocenters. The number of unbranched alkanes of at least 4 members (excludes halogenated alkanes) is 4. The van der Waals surface area contributed by atoms with Gasteiger partial charge >= 0.3 is 5.97 Å². The molecule has 2 atom stereocenters. The molecule has 0 aliphatic rings. The van der Waals surface area contributed by atoms with Crippen LogP contribution < -0.4 is 0 Å². The van der Waals surface area contributed by atoms with E-state index in [0.717, 1.165) is 43.4 Å². The molecule has 2 heterocycles. The first-order chi connectivity index (χ1) is 13.6. The molecule has 4 heteroatoms. The van der Waals surface area contributed by atoms with Gasteiger partial charge in [-0.15, -0.1) is 22.7 Å². The van der Waals surface area contributed by atoms with Crippen LogP contribution in [0.1, 0.15) is 94.4 Å². The lowest BCUT2D eigenvalue weighted by Crippen LogP contribution is -2.20. The number of carbonyl (C=O) groups is 1. The summed E-state index contributed by atoms with van der Waals surface area (Å²) >= 11 is 3.58. The average Bonchev–Trinajstić information content (AvgIpc) is 3.34. The number of hydrogen-bond donors (Lipinski definition) is 0. The molecule has 0 fully saturated rings. The molecule has 0 radical (unpaired) electrons. The van der Waals surface area contributed by atoms with Gasteiger partial charge in [0.15, 0.2) is 0 Å². The smallest absolute Gasteiger partial charge is 0.309 e. The van der Waals surface area contributed by atoms with Crippen molar-refractivity contribution in [1.29, 1.82) is 0 Å². The van der Waals surface area contributed by atoms with E-state index in [1.54, 1.807) is 11.3 Å². The molecule has 156 valence electrons. The summed E-state index contributed by atoms with van der Waals surface area (Å²) in [6.45, 7) is 8.65. The molecule has 0 aliphatic carbocycles. The van der Waals surface area contributed by atoms with Gasteiger partial charge in [0.25, 0.3) is 0 Å². The molecule has 0 aliphatic heterocycles. The Morgan fingerprint density at radius 3 is 2.21 bits per heavy atom. The maximum Gasteiger partial charge on any atom is 0.309 e. The summed E-state index contributed by atoms with van der Waals surface area (Å²) < 4.78 is 6.03. The molecule has 2 nitrogen and oxygen atoms in total. The predicted octanol–water partition coefficient (Wildman–Crippen LogP) is 8.56. The fraction of sp³-hybridized carbons (Fsp3) is 0.625. The van der Waals surface area contributed by atoms with Gasteiger partial charge in [-0.2, -0.15) is 0 Å². The number of thiophene rings is 2. The fourth-order valence-electron chi connectivity index (χ4n) is 3.45. The van der Waals surface area contributed by atoms with Gasteiger partial charge in [0.2, 0.25) is 0 Å². The normalized spacial score (nSPS) is 13.4. The van der Waals surface area contributed by atoms with Crippen molar-refractivity contribution in [2.45, 2.75) is 91.6 Å². The molecule has 0 spiro atoms. The summed E-state index contributed by atoms with van der Waals surface area (Å²) in [4.78, 5) is 18.0. The first kappa shape index (κ1) is 23.2. The lowest BCUT2D eigenvalue weighted by atomic mass is 9.95. The molecule has 2 rings (SSSR count). The van der Waals surface area contributed by atoms with Gasteiger partial charge in [0.1, 0.15) is 6.10 Å². The molecular formula is C24H36O2S2. The van der Waals surface area contributed by atoms with E-state index in [1.807, 2.05) is 11.3 Å². The number of rotatable bonds is 13. The monoisotopic (exact) mass is 420 g/mol. The zero-order valence-electron chi connectivity index (χ0n) is 18.0. The third-order valence-electron chi connectivity index (χ3n) is 5.20. The Bertz CT molecular complexity index is 701. The minimum absolute atomic E-state index is 0.0127. The van der Waals surface area contributed by atoms with Crippen LogP contribution in [-0.2, 0) is 9.53 Å². The van der Waals surface area contributed by atoms with Gasteiger partial charge < -0.3 is 4.74 Å². The highest BCUT2D eigenvalue weighted by atomic mass is 32.1. The highest BCUT2D eigenvalue weighted by Gasteiger charge is 2.24. The van der Waals surface area contributed by atoms with E-state index in [4.69, 9.17) is 4.74 Å². The molecule has 0 aromatic carbocycles. The number of hydrogen-bond acceptors (Lipinski definition) is 4. The summed E-state index contributed by atoms with van der Waals surface area (Å²) in [7, 11) is 0. The van der Waals surface area contributed by atoms with E-state index >= 15 is 0 Å². The van der Waals surface area contributed by atoms with E-state index in [0.29, 0.717) is 0 Å². The first-order valence-corrected chi connectivity index (χ1v) is 12.6. The number of aryl methyl sites for hydroxylation is 1. The first-order valence-electron chi connectivity index (χ1n) is 11.0. The molecule has 0 amide bonds. The van der Waals surface area contributed by atoms with Crippen molar-refractivity contribution in [3.63, 3.8) is 0 Å². The number of ether oxygens (including phenoxy) is 1. The van der Waals surface area contributed by atoms with Crippen molar-refractivity contribution in [3.05, 3.63) is 34.0 Å². The Kier molecular flexibility index (Phi) is 10.3. The lowest BCUT2D eigenvalue weighted by Gasteiger charge is -2.20. The van der Waals surface area contributed by atoms with E-state index in [1.165, 1.54) is 33.9 Å². The van der Waals surface area contributed by atoms with Crippen LogP contribution in [0, 0.1) is 12.8 Å². The van der Waals surface area contributed by atoms with Crippen LogP contribution in [0.15, 0.2) is 24.3 Å². The van der Waals surface area contributed by atoms with E-state index in [9.17, 15) is 4.79 Å². The molecule has 0 saturated carbocycles. The highest BCUT2D eigenvalue weighted by Crippen LogP contribution is 2.37. The summed E-state index contributed by atoms with van der Waals surface area (Å²) in [6.07, 6.45) is 9.71. The van der Waals surface area contributed by atoms with Gasteiger partial charge in [0.05, 0.1) is 5.92 Å². The largest absolute Gasteiger partial charge is 0.456 e. The highest BCUT2D eigenvalue weighted by molar-refractivity contribution is 7.22. The quantitative estimate of drug-likeness (QED) is 0.240. The van der Waals surface area contributed by atoms with Crippen LogP contribution in [-0.4, -0.2) is 5.97 Å². The second-order valence-corrected chi connectivity index (χ2v) is 10.0. The van der Waals surface area contributed by atoms with Crippen LogP contribution >= 0.6 is 22.7 Å². The topological polar surface area (TPSA) is 26.3 Å². The van der Waals surface area contributed by atoms with Gasteiger partial charge in [-0.3, -0.25) is 4.79 Å².